The standard InChI is InChI=1S/C16H20N8.2ClO3/c1-21-9-10-22(2)15(21)19-17-13-5-7-14(8-6-13)18-20-16-23(3)11-12-24(16)4;2*2-1(3)4/h5-12H,1-4H3;;/q+2;2*-1. The molecule has 0 saturated heterocycles. The third kappa shape index (κ3) is 9.99. The molecule has 0 amide bonds. The lowest BCUT2D eigenvalue weighted by molar-refractivity contribution is -1.73. The lowest BCUT2D eigenvalue weighted by Crippen LogP contribution is -2.43. The molecule has 174 valence electrons. The lowest BCUT2D eigenvalue weighted by atomic mass is 10.3. The molecule has 3 aromatic rings. The van der Waals surface area contributed by atoms with E-state index in [1.54, 1.807) is 0 Å². The summed E-state index contributed by atoms with van der Waals surface area (Å²) in [5.74, 6) is 1.55. The quantitative estimate of drug-likeness (QED) is 0.260. The van der Waals surface area contributed by atoms with Crippen LogP contribution in [0.25, 0.3) is 0 Å². The van der Waals surface area contributed by atoms with Gasteiger partial charge in [0.1, 0.15) is 11.4 Å². The normalized spacial score (nSPS) is 11.1. The fraction of sp³-hybridized carbons (Fsp3) is 0.250. The van der Waals surface area contributed by atoms with Gasteiger partial charge in [0.05, 0.1) is 74.5 Å². The van der Waals surface area contributed by atoms with Gasteiger partial charge in [0.15, 0.2) is 0 Å². The summed E-state index contributed by atoms with van der Waals surface area (Å²) in [6.07, 6.45) is 7.73. The Hall–Kier alpha value is -2.82. The summed E-state index contributed by atoms with van der Waals surface area (Å²) in [7, 11) is 2.02. The fourth-order valence-corrected chi connectivity index (χ4v) is 2.24. The molecule has 0 unspecified atom stereocenters. The molecule has 0 aliphatic rings. The van der Waals surface area contributed by atoms with Gasteiger partial charge in [-0.25, -0.2) is 18.3 Å². The van der Waals surface area contributed by atoms with Crippen LogP contribution in [0.3, 0.4) is 0 Å². The summed E-state index contributed by atoms with van der Waals surface area (Å²) in [6, 6.07) is 7.47. The smallest absolute Gasteiger partial charge is 0.357 e. The number of imidazole rings is 2. The van der Waals surface area contributed by atoms with Crippen molar-refractivity contribution in [2.45, 2.75) is 0 Å². The van der Waals surface area contributed by atoms with Gasteiger partial charge in [0, 0.05) is 10.2 Å². The summed E-state index contributed by atoms with van der Waals surface area (Å²) < 4.78 is 58.1. The van der Waals surface area contributed by atoms with Crippen molar-refractivity contribution in [3.63, 3.8) is 0 Å². The van der Waals surface area contributed by atoms with Gasteiger partial charge in [0.2, 0.25) is 0 Å². The molecule has 1 aromatic carbocycles. The maximum atomic E-state index is 8.41. The van der Waals surface area contributed by atoms with Crippen LogP contribution in [0, 0.1) is 21.6 Å². The maximum absolute atomic E-state index is 8.41. The molecule has 0 bridgehead atoms. The highest BCUT2D eigenvalue weighted by atomic mass is 35.6. The van der Waals surface area contributed by atoms with Crippen molar-refractivity contribution in [3.05, 3.63) is 49.1 Å². The number of rotatable bonds is 4. The molecule has 0 N–H and O–H groups in total. The van der Waals surface area contributed by atoms with Gasteiger partial charge in [-0.05, 0) is 24.3 Å². The molecule has 32 heavy (non-hydrogen) atoms. The summed E-state index contributed by atoms with van der Waals surface area (Å²) in [5.41, 5.74) is 1.53. The predicted octanol–water partition coefficient (Wildman–Crippen LogP) is -4.29. The first-order valence-corrected chi connectivity index (χ1v) is 10.3. The van der Waals surface area contributed by atoms with Crippen LogP contribution in [0.2, 0.25) is 0 Å². The Morgan fingerprint density at radius 3 is 1.12 bits per heavy atom. The van der Waals surface area contributed by atoms with E-state index in [9.17, 15) is 0 Å². The molecular weight excluding hydrogens is 471 g/mol. The molecule has 0 spiro atoms. The number of aryl methyl sites for hydroxylation is 4. The summed E-state index contributed by atoms with van der Waals surface area (Å²) in [5, 5.41) is 17.0. The van der Waals surface area contributed by atoms with Gasteiger partial charge in [-0.15, -0.1) is 0 Å². The number of azo groups is 2. The fourth-order valence-electron chi connectivity index (χ4n) is 2.24. The van der Waals surface area contributed by atoms with E-state index in [2.05, 4.69) is 20.5 Å². The van der Waals surface area contributed by atoms with Crippen molar-refractivity contribution >= 4 is 23.3 Å². The SMILES string of the molecule is Cn1cc[n+](C)c1N=Nc1ccc(N=Nc2n(C)cc[n+]2C)cc1.[O-][Cl+2]([O-])[O-].[O-][Cl+2]([O-])[O-]. The Morgan fingerprint density at radius 1 is 0.625 bits per heavy atom. The Balaban J connectivity index is 0.000000554. The summed E-state index contributed by atoms with van der Waals surface area (Å²) >= 11 is 0. The van der Waals surface area contributed by atoms with Gasteiger partial charge in [-0.3, -0.25) is 0 Å². The van der Waals surface area contributed by atoms with Crippen LogP contribution in [0.5, 0.6) is 0 Å². The first kappa shape index (κ1) is 27.2. The average Bonchev–Trinajstić information content (AvgIpc) is 3.19. The van der Waals surface area contributed by atoms with Crippen LogP contribution >= 0.6 is 0 Å². The largest absolute Gasteiger partial charge is 0.421 e. The predicted molar refractivity (Wildman–Crippen MR) is 88.0 cm³/mol. The van der Waals surface area contributed by atoms with Crippen LogP contribution < -0.4 is 37.1 Å². The third-order valence-corrected chi connectivity index (χ3v) is 3.65. The van der Waals surface area contributed by atoms with E-state index in [-0.39, 0.29) is 0 Å². The van der Waals surface area contributed by atoms with Crippen molar-refractivity contribution < 1.29 is 58.7 Å². The minimum absolute atomic E-state index is 0.763. The first-order chi connectivity index (χ1) is 15.0. The summed E-state index contributed by atoms with van der Waals surface area (Å²) in [6.45, 7) is 0. The molecule has 16 heteroatoms. The van der Waals surface area contributed by atoms with E-state index in [1.165, 1.54) is 0 Å². The zero-order valence-corrected chi connectivity index (χ0v) is 18.9. The Morgan fingerprint density at radius 2 is 0.906 bits per heavy atom. The van der Waals surface area contributed by atoms with Crippen LogP contribution in [0.1, 0.15) is 0 Å². The molecule has 0 radical (unpaired) electrons. The van der Waals surface area contributed by atoms with E-state index < -0.39 is 21.6 Å². The van der Waals surface area contributed by atoms with E-state index in [4.69, 9.17) is 28.0 Å². The van der Waals surface area contributed by atoms with Crippen molar-refractivity contribution in [1.82, 2.24) is 9.13 Å². The minimum Gasteiger partial charge on any atom is -0.357 e. The molecule has 0 atom stereocenters. The highest BCUT2D eigenvalue weighted by molar-refractivity contribution is 5.46. The van der Waals surface area contributed by atoms with Crippen LogP contribution in [0.15, 0.2) is 69.5 Å². The van der Waals surface area contributed by atoms with Gasteiger partial charge in [-0.1, -0.05) is 10.2 Å². The topological polar surface area (TPSA) is 205 Å². The molecule has 3 rings (SSSR count). The number of nitrogens with zero attached hydrogens (tertiary/aromatic N) is 8. The van der Waals surface area contributed by atoms with Crippen molar-refractivity contribution in [2.75, 3.05) is 0 Å². The highest BCUT2D eigenvalue weighted by Gasteiger charge is 2.11. The zero-order chi connectivity index (χ0) is 24.3. The molecule has 14 nitrogen and oxygen atoms in total. The van der Waals surface area contributed by atoms with E-state index >= 15 is 0 Å². The van der Waals surface area contributed by atoms with Crippen molar-refractivity contribution in [2.24, 2.45) is 48.6 Å². The van der Waals surface area contributed by atoms with E-state index in [0.29, 0.717) is 0 Å². The number of hydrogen-bond acceptors (Lipinski definition) is 10. The second kappa shape index (κ2) is 13.6. The molecule has 0 aliphatic carbocycles. The monoisotopic (exact) mass is 490 g/mol. The second-order valence-corrected chi connectivity index (χ2v) is 6.69. The molecular formula is C16H20Cl2N8O6. The number of hydrogen-bond donors (Lipinski definition) is 0. The lowest BCUT2D eigenvalue weighted by Gasteiger charge is -1.92. The van der Waals surface area contributed by atoms with Gasteiger partial charge in [0.25, 0.3) is 0 Å². The summed E-state index contributed by atoms with van der Waals surface area (Å²) in [4.78, 5) is 0. The van der Waals surface area contributed by atoms with Crippen molar-refractivity contribution in [1.29, 1.82) is 0 Å². The van der Waals surface area contributed by atoms with Crippen LogP contribution in [0.4, 0.5) is 23.3 Å². The minimum atomic E-state index is -2.85. The molecule has 2 heterocycles. The Labute approximate surface area is 189 Å². The van der Waals surface area contributed by atoms with Crippen LogP contribution in [-0.4, -0.2) is 9.13 Å². The molecule has 2 aromatic heterocycles. The van der Waals surface area contributed by atoms with E-state index in [1.807, 2.05) is 95.5 Å². The second-order valence-electron chi connectivity index (χ2n) is 5.93. The third-order valence-electron chi connectivity index (χ3n) is 3.65. The first-order valence-electron chi connectivity index (χ1n) is 8.42. The Kier molecular flexibility index (Phi) is 11.5. The zero-order valence-electron chi connectivity index (χ0n) is 17.4. The maximum Gasteiger partial charge on any atom is 0.421 e. The van der Waals surface area contributed by atoms with Crippen LogP contribution in [-0.2, 0) is 28.2 Å². The molecule has 0 saturated carbocycles. The van der Waals surface area contributed by atoms with Crippen molar-refractivity contribution in [3.8, 4) is 0 Å². The molecule has 0 aliphatic heterocycles. The van der Waals surface area contributed by atoms with Gasteiger partial charge >= 0.3 is 11.9 Å². The highest BCUT2D eigenvalue weighted by Crippen LogP contribution is 2.21. The Bertz CT molecular complexity index is 894. The molecule has 0 fully saturated rings. The van der Waals surface area contributed by atoms with Gasteiger partial charge in [-0.2, -0.15) is 0 Å². The average molecular weight is 491 g/mol. The number of halogens is 2. The van der Waals surface area contributed by atoms with Gasteiger partial charge < -0.3 is 28.0 Å². The van der Waals surface area contributed by atoms with E-state index in [0.717, 1.165) is 23.3 Å². The number of benzene rings is 1. The number of aromatic nitrogens is 4.